The van der Waals surface area contributed by atoms with Crippen LogP contribution in [0.5, 0.6) is 5.75 Å². The molecule has 3 amide bonds. The summed E-state index contributed by atoms with van der Waals surface area (Å²) in [5, 5.41) is 8.74. The zero-order valence-electron chi connectivity index (χ0n) is 27.0. The van der Waals surface area contributed by atoms with E-state index in [1.165, 1.54) is 0 Å². The number of hydrogen-bond acceptors (Lipinski definition) is 7. The molecule has 1 aromatic rings. The molecule has 0 radical (unpaired) electrons. The Labute approximate surface area is 266 Å². The van der Waals surface area contributed by atoms with Crippen LogP contribution in [-0.2, 0) is 30.3 Å². The first-order valence-corrected chi connectivity index (χ1v) is 16.5. The summed E-state index contributed by atoms with van der Waals surface area (Å²) in [6, 6.07) is 5.06. The number of aliphatic imine (C=N–C) groups is 1. The SMILES string of the molecule is COc1ccc(CC(NC(=O)C(C)NC(=O)C2CCC3=NC(C)CC=C3C2)C(=O)NC(CC2CCCC2)C(=O)C2(C)CO2)cc1. The van der Waals surface area contributed by atoms with Crippen molar-refractivity contribution < 1.29 is 28.7 Å². The average molecular weight is 621 g/mol. The maximum absolute atomic E-state index is 13.8. The van der Waals surface area contributed by atoms with Gasteiger partial charge in [0.15, 0.2) is 5.78 Å². The van der Waals surface area contributed by atoms with Gasteiger partial charge in [0.05, 0.1) is 25.8 Å². The summed E-state index contributed by atoms with van der Waals surface area (Å²) in [6.07, 6.45) is 10.2. The number of Topliss-reactive ketones (excluding diaryl/α,β-unsaturated/α-hetero) is 1. The lowest BCUT2D eigenvalue weighted by Crippen LogP contribution is -2.57. The monoisotopic (exact) mass is 620 g/mol. The number of rotatable bonds is 13. The Hall–Kier alpha value is -3.53. The van der Waals surface area contributed by atoms with Crippen LogP contribution in [0.15, 0.2) is 40.9 Å². The average Bonchev–Trinajstić information content (AvgIpc) is 3.57. The summed E-state index contributed by atoms with van der Waals surface area (Å²) >= 11 is 0. The third-order valence-electron chi connectivity index (χ3n) is 9.78. The summed E-state index contributed by atoms with van der Waals surface area (Å²) in [4.78, 5) is 58.7. The number of benzene rings is 1. The van der Waals surface area contributed by atoms with Crippen molar-refractivity contribution in [2.45, 2.75) is 115 Å². The Morgan fingerprint density at radius 3 is 2.38 bits per heavy atom. The first kappa shape index (κ1) is 32.9. The highest BCUT2D eigenvalue weighted by Gasteiger charge is 2.50. The fraction of sp³-hybridized carbons (Fsp3) is 0.629. The number of amides is 3. The molecule has 4 aliphatic rings. The maximum atomic E-state index is 13.8. The van der Waals surface area contributed by atoms with E-state index in [2.05, 4.69) is 29.0 Å². The molecule has 2 aliphatic heterocycles. The molecule has 2 saturated carbocycles. The van der Waals surface area contributed by atoms with E-state index in [1.54, 1.807) is 33.1 Å². The molecule has 0 bridgehead atoms. The van der Waals surface area contributed by atoms with Gasteiger partial charge < -0.3 is 25.4 Å². The Morgan fingerprint density at radius 2 is 1.71 bits per heavy atom. The van der Waals surface area contributed by atoms with Crippen LogP contribution in [0.2, 0.25) is 0 Å². The van der Waals surface area contributed by atoms with E-state index in [-0.39, 0.29) is 30.1 Å². The number of ether oxygens (including phenoxy) is 2. The highest BCUT2D eigenvalue weighted by atomic mass is 16.6. The number of epoxide rings is 1. The Morgan fingerprint density at radius 1 is 1.02 bits per heavy atom. The van der Waals surface area contributed by atoms with E-state index < -0.39 is 35.5 Å². The standard InChI is InChI=1S/C35H48N4O6/c1-21-9-12-25-19-26(13-16-28(25)36-21)33(42)37-22(2)32(41)39-30(18-24-10-14-27(44-4)15-11-24)34(43)38-29(17-23-7-5-6-8-23)31(40)35(3)20-45-35/h10-12,14-15,21-23,26,29-30H,5-9,13,16-20H2,1-4H3,(H,37,42)(H,38,43)(H,39,41). The molecule has 244 valence electrons. The van der Waals surface area contributed by atoms with Gasteiger partial charge in [-0.25, -0.2) is 0 Å². The second-order valence-electron chi connectivity index (χ2n) is 13.5. The van der Waals surface area contributed by atoms with E-state index in [0.717, 1.165) is 55.4 Å². The molecule has 45 heavy (non-hydrogen) atoms. The van der Waals surface area contributed by atoms with Crippen molar-refractivity contribution in [3.05, 3.63) is 41.5 Å². The number of carbonyl (C=O) groups is 4. The van der Waals surface area contributed by atoms with E-state index in [1.807, 2.05) is 12.1 Å². The van der Waals surface area contributed by atoms with Gasteiger partial charge in [-0.3, -0.25) is 24.2 Å². The Balaban J connectivity index is 1.25. The number of carbonyl (C=O) groups excluding carboxylic acids is 4. The molecule has 0 aromatic heterocycles. The molecule has 1 saturated heterocycles. The summed E-state index contributed by atoms with van der Waals surface area (Å²) in [7, 11) is 1.58. The van der Waals surface area contributed by atoms with Crippen LogP contribution in [0.4, 0.5) is 0 Å². The first-order valence-electron chi connectivity index (χ1n) is 16.5. The third-order valence-corrected chi connectivity index (χ3v) is 9.78. The van der Waals surface area contributed by atoms with Gasteiger partial charge >= 0.3 is 0 Å². The predicted molar refractivity (Wildman–Crippen MR) is 171 cm³/mol. The number of fused-ring (bicyclic) bond motifs is 1. The molecule has 5 rings (SSSR count). The summed E-state index contributed by atoms with van der Waals surface area (Å²) in [6.45, 7) is 5.83. The second-order valence-corrected chi connectivity index (χ2v) is 13.5. The van der Waals surface area contributed by atoms with Crippen molar-refractivity contribution in [2.75, 3.05) is 13.7 Å². The van der Waals surface area contributed by atoms with Gasteiger partial charge in [0.1, 0.15) is 23.4 Å². The van der Waals surface area contributed by atoms with Gasteiger partial charge in [0, 0.05) is 18.1 Å². The largest absolute Gasteiger partial charge is 0.497 e. The van der Waals surface area contributed by atoms with Crippen LogP contribution in [0.3, 0.4) is 0 Å². The topological polar surface area (TPSA) is 138 Å². The Bertz CT molecular complexity index is 1330. The first-order chi connectivity index (χ1) is 21.5. The second kappa shape index (κ2) is 14.3. The number of nitrogens with one attached hydrogen (secondary N) is 3. The van der Waals surface area contributed by atoms with Crippen molar-refractivity contribution in [3.63, 3.8) is 0 Å². The summed E-state index contributed by atoms with van der Waals surface area (Å²) in [5.41, 5.74) is 2.18. The molecule has 3 N–H and O–H groups in total. The van der Waals surface area contributed by atoms with E-state index in [4.69, 9.17) is 14.5 Å². The van der Waals surface area contributed by atoms with E-state index in [9.17, 15) is 19.2 Å². The molecule has 6 atom stereocenters. The lowest BCUT2D eigenvalue weighted by atomic mass is 9.81. The van der Waals surface area contributed by atoms with Gasteiger partial charge in [-0.1, -0.05) is 43.9 Å². The van der Waals surface area contributed by atoms with E-state index >= 15 is 0 Å². The number of ketones is 1. The molecule has 6 unspecified atom stereocenters. The maximum Gasteiger partial charge on any atom is 0.243 e. The van der Waals surface area contributed by atoms with E-state index in [0.29, 0.717) is 37.5 Å². The van der Waals surface area contributed by atoms with Crippen molar-refractivity contribution in [2.24, 2.45) is 16.8 Å². The van der Waals surface area contributed by atoms with Crippen molar-refractivity contribution in [1.29, 1.82) is 0 Å². The zero-order valence-corrected chi connectivity index (χ0v) is 27.0. The predicted octanol–water partition coefficient (Wildman–Crippen LogP) is 3.61. The minimum absolute atomic E-state index is 0.124. The van der Waals surface area contributed by atoms with Crippen LogP contribution in [-0.4, -0.2) is 72.7 Å². The lowest BCUT2D eigenvalue weighted by Gasteiger charge is -2.29. The number of methoxy groups -OCH3 is 1. The van der Waals surface area contributed by atoms with Crippen molar-refractivity contribution in [1.82, 2.24) is 16.0 Å². The highest BCUT2D eigenvalue weighted by Crippen LogP contribution is 2.34. The van der Waals surface area contributed by atoms with Crippen LogP contribution in [0, 0.1) is 11.8 Å². The number of hydrogen-bond donors (Lipinski definition) is 3. The molecular formula is C35H48N4O6. The number of allylic oxidation sites excluding steroid dienone is 1. The van der Waals surface area contributed by atoms with Gasteiger partial charge in [-0.2, -0.15) is 0 Å². The minimum atomic E-state index is -0.958. The lowest BCUT2D eigenvalue weighted by molar-refractivity contribution is -0.134. The fourth-order valence-electron chi connectivity index (χ4n) is 6.76. The van der Waals surface area contributed by atoms with Gasteiger partial charge in [-0.05, 0) is 82.1 Å². The third kappa shape index (κ3) is 8.39. The van der Waals surface area contributed by atoms with Gasteiger partial charge in [0.25, 0.3) is 0 Å². The summed E-state index contributed by atoms with van der Waals surface area (Å²) < 4.78 is 10.7. The van der Waals surface area contributed by atoms with Crippen LogP contribution >= 0.6 is 0 Å². The molecule has 1 aromatic carbocycles. The smallest absolute Gasteiger partial charge is 0.243 e. The van der Waals surface area contributed by atoms with Gasteiger partial charge in [-0.15, -0.1) is 0 Å². The van der Waals surface area contributed by atoms with Crippen molar-refractivity contribution >= 4 is 29.2 Å². The normalized spacial score (nSPS) is 26.3. The molecule has 10 heteroatoms. The number of dihydropyridines is 1. The molecule has 3 fully saturated rings. The fourth-order valence-corrected chi connectivity index (χ4v) is 6.76. The molecule has 10 nitrogen and oxygen atoms in total. The molecule has 2 heterocycles. The van der Waals surface area contributed by atoms with Gasteiger partial charge in [0.2, 0.25) is 17.7 Å². The summed E-state index contributed by atoms with van der Waals surface area (Å²) in [5.74, 6) is -0.382. The Kier molecular flexibility index (Phi) is 10.4. The minimum Gasteiger partial charge on any atom is -0.497 e. The molecular weight excluding hydrogens is 572 g/mol. The zero-order chi connectivity index (χ0) is 32.1. The highest BCUT2D eigenvalue weighted by molar-refractivity contribution is 6.03. The van der Waals surface area contributed by atoms with Crippen LogP contribution in [0.25, 0.3) is 0 Å². The van der Waals surface area contributed by atoms with Crippen LogP contribution < -0.4 is 20.7 Å². The number of nitrogens with zero attached hydrogens (tertiary/aromatic N) is 1. The van der Waals surface area contributed by atoms with Crippen LogP contribution in [0.1, 0.15) is 84.1 Å². The quantitative estimate of drug-likeness (QED) is 0.288. The molecule has 2 aliphatic carbocycles. The van der Waals surface area contributed by atoms with Crippen molar-refractivity contribution in [3.8, 4) is 5.75 Å². The molecule has 0 spiro atoms.